The zero-order valence-electron chi connectivity index (χ0n) is 15.3. The molecule has 1 amide bonds. The average Bonchev–Trinajstić information content (AvgIpc) is 3.40. The molecular formula is C19H25N5O2S. The van der Waals surface area contributed by atoms with E-state index in [0.717, 1.165) is 44.6 Å². The molecule has 1 saturated heterocycles. The first kappa shape index (κ1) is 18.3. The Morgan fingerprint density at radius 1 is 1.15 bits per heavy atom. The molecule has 4 rings (SSSR count). The van der Waals surface area contributed by atoms with Crippen LogP contribution in [-0.2, 0) is 17.9 Å². The van der Waals surface area contributed by atoms with E-state index in [1.807, 2.05) is 18.2 Å². The molecular weight excluding hydrogens is 362 g/mol. The van der Waals surface area contributed by atoms with E-state index in [9.17, 15) is 4.79 Å². The molecule has 1 aromatic heterocycles. The van der Waals surface area contributed by atoms with E-state index in [4.69, 9.17) is 16.6 Å². The number of aromatic nitrogens is 2. The summed E-state index contributed by atoms with van der Waals surface area (Å²) in [7, 11) is 0. The van der Waals surface area contributed by atoms with E-state index < -0.39 is 0 Å². The summed E-state index contributed by atoms with van der Waals surface area (Å²) in [6.07, 6.45) is 2.90. The zero-order valence-corrected chi connectivity index (χ0v) is 16.2. The third-order valence-corrected chi connectivity index (χ3v) is 5.25. The van der Waals surface area contributed by atoms with Gasteiger partial charge in [0.1, 0.15) is 0 Å². The summed E-state index contributed by atoms with van der Waals surface area (Å²) in [5, 5.41) is 7.58. The quantitative estimate of drug-likeness (QED) is 0.729. The number of hydrogen-bond donors (Lipinski definition) is 1. The molecule has 1 aromatic carbocycles. The van der Waals surface area contributed by atoms with Crippen LogP contribution in [0, 0.1) is 4.84 Å². The molecule has 0 atom stereocenters. The van der Waals surface area contributed by atoms with Gasteiger partial charge in [-0.15, -0.1) is 5.10 Å². The first-order chi connectivity index (χ1) is 13.2. The summed E-state index contributed by atoms with van der Waals surface area (Å²) in [6.45, 7) is 4.65. The molecule has 1 N–H and O–H groups in total. The molecule has 0 bridgehead atoms. The Morgan fingerprint density at radius 2 is 1.85 bits per heavy atom. The molecule has 2 heterocycles. The van der Waals surface area contributed by atoms with E-state index in [-0.39, 0.29) is 5.91 Å². The first-order valence-electron chi connectivity index (χ1n) is 9.50. The van der Waals surface area contributed by atoms with Crippen molar-refractivity contribution >= 4 is 18.1 Å². The van der Waals surface area contributed by atoms with Crippen LogP contribution in [0.3, 0.4) is 0 Å². The van der Waals surface area contributed by atoms with Gasteiger partial charge in [-0.05, 0) is 30.6 Å². The fourth-order valence-electron chi connectivity index (χ4n) is 3.26. The highest BCUT2D eigenvalue weighted by molar-refractivity contribution is 7.71. The highest BCUT2D eigenvalue weighted by Crippen LogP contribution is 2.18. The molecule has 2 fully saturated rings. The topological polar surface area (TPSA) is 66.5 Å². The predicted molar refractivity (Wildman–Crippen MR) is 104 cm³/mol. The third kappa shape index (κ3) is 5.24. The third-order valence-electron chi connectivity index (χ3n) is 4.95. The summed E-state index contributed by atoms with van der Waals surface area (Å²) in [5.74, 6) is 0.789. The van der Waals surface area contributed by atoms with Gasteiger partial charge in [0.25, 0.3) is 4.84 Å². The lowest BCUT2D eigenvalue weighted by Crippen LogP contribution is -2.49. The van der Waals surface area contributed by atoms with Crippen LogP contribution in [-0.4, -0.2) is 64.3 Å². The molecule has 0 spiro atoms. The smallest absolute Gasteiger partial charge is 0.288 e. The summed E-state index contributed by atoms with van der Waals surface area (Å²) < 4.78 is 7.41. The molecule has 0 radical (unpaired) electrons. The van der Waals surface area contributed by atoms with Crippen LogP contribution in [0.15, 0.2) is 34.7 Å². The van der Waals surface area contributed by atoms with Gasteiger partial charge in [0.15, 0.2) is 0 Å². The number of hydrogen-bond acceptors (Lipinski definition) is 6. The lowest BCUT2D eigenvalue weighted by atomic mass is 10.2. The summed E-state index contributed by atoms with van der Waals surface area (Å²) in [4.78, 5) is 16.8. The van der Waals surface area contributed by atoms with Crippen molar-refractivity contribution in [1.82, 2.24) is 24.9 Å². The van der Waals surface area contributed by atoms with Crippen molar-refractivity contribution < 1.29 is 9.21 Å². The van der Waals surface area contributed by atoms with Crippen LogP contribution in [0.1, 0.15) is 24.3 Å². The highest BCUT2D eigenvalue weighted by atomic mass is 32.1. The molecule has 1 saturated carbocycles. The van der Waals surface area contributed by atoms with E-state index in [0.29, 0.717) is 36.4 Å². The van der Waals surface area contributed by atoms with Crippen molar-refractivity contribution in [3.05, 3.63) is 46.6 Å². The summed E-state index contributed by atoms with van der Waals surface area (Å²) >= 11 is 5.33. The molecule has 1 aliphatic heterocycles. The number of piperazine rings is 1. The van der Waals surface area contributed by atoms with Crippen molar-refractivity contribution in [3.63, 3.8) is 0 Å². The standard InChI is InChI=1S/C19H25N5O2S/c25-17(20-16-6-7-16)13-22-8-10-23(11-9-22)14-24-19(27)26-18(21-24)12-15-4-2-1-3-5-15/h1-5,16H,6-14H2,(H,20,25). The molecule has 7 nitrogen and oxygen atoms in total. The van der Waals surface area contributed by atoms with Crippen LogP contribution in [0.2, 0.25) is 0 Å². The van der Waals surface area contributed by atoms with Gasteiger partial charge in [0.2, 0.25) is 11.8 Å². The minimum absolute atomic E-state index is 0.148. The molecule has 144 valence electrons. The second-order valence-corrected chi connectivity index (χ2v) is 7.65. The molecule has 2 aliphatic rings. The second kappa shape index (κ2) is 8.33. The molecule has 8 heteroatoms. The number of carbonyl (C=O) groups excluding carboxylic acids is 1. The number of carbonyl (C=O) groups is 1. The average molecular weight is 388 g/mol. The monoisotopic (exact) mass is 387 g/mol. The zero-order chi connectivity index (χ0) is 18.6. The van der Waals surface area contributed by atoms with Crippen LogP contribution in [0.4, 0.5) is 0 Å². The number of amides is 1. The minimum atomic E-state index is 0.148. The van der Waals surface area contributed by atoms with Crippen LogP contribution in [0.25, 0.3) is 0 Å². The normalized spacial score (nSPS) is 18.5. The van der Waals surface area contributed by atoms with Crippen molar-refractivity contribution in [2.24, 2.45) is 0 Å². The van der Waals surface area contributed by atoms with Gasteiger partial charge in [-0.3, -0.25) is 14.6 Å². The van der Waals surface area contributed by atoms with Crippen LogP contribution >= 0.6 is 12.2 Å². The van der Waals surface area contributed by atoms with Gasteiger partial charge in [-0.2, -0.15) is 0 Å². The predicted octanol–water partition coefficient (Wildman–Crippen LogP) is 1.65. The Kier molecular flexibility index (Phi) is 5.66. The van der Waals surface area contributed by atoms with Crippen LogP contribution in [0.5, 0.6) is 0 Å². The SMILES string of the molecule is O=C(CN1CCN(Cn2nc(Cc3ccccc3)oc2=S)CC1)NC1CC1. The maximum atomic E-state index is 11.9. The Hall–Kier alpha value is -2.03. The minimum Gasteiger partial charge on any atom is -0.414 e. The van der Waals surface area contributed by atoms with Crippen molar-refractivity contribution in [1.29, 1.82) is 0 Å². The Labute approximate surface area is 163 Å². The van der Waals surface area contributed by atoms with Crippen molar-refractivity contribution in [3.8, 4) is 0 Å². The number of nitrogens with zero attached hydrogens (tertiary/aromatic N) is 4. The fraction of sp³-hybridized carbons (Fsp3) is 0.526. The van der Waals surface area contributed by atoms with Gasteiger partial charge >= 0.3 is 0 Å². The largest absolute Gasteiger partial charge is 0.414 e. The van der Waals surface area contributed by atoms with Gasteiger partial charge in [-0.25, -0.2) is 4.68 Å². The Morgan fingerprint density at radius 3 is 2.56 bits per heavy atom. The van der Waals surface area contributed by atoms with E-state index in [1.54, 1.807) is 4.68 Å². The Balaban J connectivity index is 1.26. The maximum Gasteiger partial charge on any atom is 0.288 e. The van der Waals surface area contributed by atoms with Gasteiger partial charge in [0, 0.05) is 32.2 Å². The van der Waals surface area contributed by atoms with Gasteiger partial charge < -0.3 is 9.73 Å². The van der Waals surface area contributed by atoms with Crippen molar-refractivity contribution in [2.75, 3.05) is 32.7 Å². The number of nitrogens with one attached hydrogen (secondary N) is 1. The second-order valence-electron chi connectivity index (χ2n) is 7.30. The summed E-state index contributed by atoms with van der Waals surface area (Å²) in [6, 6.07) is 10.5. The summed E-state index contributed by atoms with van der Waals surface area (Å²) in [5.41, 5.74) is 1.15. The maximum absolute atomic E-state index is 11.9. The van der Waals surface area contributed by atoms with E-state index in [2.05, 4.69) is 32.3 Å². The molecule has 2 aromatic rings. The lowest BCUT2D eigenvalue weighted by molar-refractivity contribution is -0.122. The van der Waals surface area contributed by atoms with Crippen LogP contribution < -0.4 is 5.32 Å². The van der Waals surface area contributed by atoms with Crippen molar-refractivity contribution in [2.45, 2.75) is 32.0 Å². The van der Waals surface area contributed by atoms with E-state index in [1.165, 1.54) is 0 Å². The van der Waals surface area contributed by atoms with Gasteiger partial charge in [0.05, 0.1) is 19.6 Å². The first-order valence-corrected chi connectivity index (χ1v) is 9.91. The van der Waals surface area contributed by atoms with Gasteiger partial charge in [-0.1, -0.05) is 30.3 Å². The number of benzene rings is 1. The fourth-order valence-corrected chi connectivity index (χ4v) is 3.46. The number of rotatable bonds is 7. The lowest BCUT2D eigenvalue weighted by Gasteiger charge is -2.33. The molecule has 0 unspecified atom stereocenters. The Bertz CT molecular complexity index is 822. The molecule has 27 heavy (non-hydrogen) atoms. The highest BCUT2D eigenvalue weighted by Gasteiger charge is 2.25. The van der Waals surface area contributed by atoms with E-state index >= 15 is 0 Å². The molecule has 1 aliphatic carbocycles.